The van der Waals surface area contributed by atoms with Gasteiger partial charge in [-0.2, -0.15) is 0 Å². The van der Waals surface area contributed by atoms with Crippen molar-refractivity contribution in [3.8, 4) is 0 Å². The van der Waals surface area contributed by atoms with Crippen molar-refractivity contribution in [2.24, 2.45) is 35.5 Å². The predicted octanol–water partition coefficient (Wildman–Crippen LogP) is 8.95. The topological polar surface area (TPSA) is 214 Å². The van der Waals surface area contributed by atoms with Crippen molar-refractivity contribution in [3.05, 3.63) is 47.6 Å². The van der Waals surface area contributed by atoms with Crippen LogP contribution in [0.1, 0.15) is 153 Å². The van der Waals surface area contributed by atoms with Crippen LogP contribution >= 0.6 is 0 Å². The van der Waals surface area contributed by atoms with Crippen molar-refractivity contribution >= 4 is 41.8 Å². The van der Waals surface area contributed by atoms with Crippen LogP contribution < -0.4 is 4.72 Å². The van der Waals surface area contributed by atoms with Crippen molar-refractivity contribution in [3.63, 3.8) is 0 Å². The Hall–Kier alpha value is -2.91. The highest BCUT2D eigenvalue weighted by molar-refractivity contribution is 7.88. The van der Waals surface area contributed by atoms with E-state index in [0.29, 0.717) is 69.3 Å². The third-order valence-electron chi connectivity index (χ3n) is 17.3. The van der Waals surface area contributed by atoms with E-state index in [1.807, 2.05) is 39.0 Å². The quantitative estimate of drug-likeness (QED) is 0.0547. The van der Waals surface area contributed by atoms with Crippen molar-refractivity contribution in [1.29, 1.82) is 0 Å². The maximum Gasteiger partial charge on any atom is 0.329 e. The van der Waals surface area contributed by atoms with Crippen LogP contribution in [0.3, 0.4) is 0 Å². The Morgan fingerprint density at radius 1 is 0.857 bits per heavy atom. The molecule has 16 nitrogen and oxygen atoms in total. The zero-order valence-electron chi connectivity index (χ0n) is 49.5. The summed E-state index contributed by atoms with van der Waals surface area (Å²) in [5.41, 5.74) is 1.23. The van der Waals surface area contributed by atoms with E-state index >= 15 is 0 Å². The molecule has 3 heterocycles. The Morgan fingerprint density at radius 3 is 2.21 bits per heavy atom. The fourth-order valence-corrected chi connectivity index (χ4v) is 13.2. The number of sulfonamides is 1. The number of amides is 1. The number of nitrogens with zero attached hydrogens (tertiary/aromatic N) is 1. The van der Waals surface area contributed by atoms with Crippen molar-refractivity contribution in [2.45, 2.75) is 225 Å². The van der Waals surface area contributed by atoms with E-state index in [-0.39, 0.29) is 66.1 Å². The minimum atomic E-state index is -3.73. The summed E-state index contributed by atoms with van der Waals surface area (Å²) in [6.45, 7) is 25.4. The maximum absolute atomic E-state index is 14.7. The second-order valence-corrected chi connectivity index (χ2v) is 31.4. The molecule has 3 aliphatic heterocycles. The summed E-state index contributed by atoms with van der Waals surface area (Å²) in [5.74, 6) is -6.77. The van der Waals surface area contributed by atoms with E-state index in [2.05, 4.69) is 45.5 Å². The SMILES string of the molecule is CO[C@@H]1C[C@H](C[C@@H](C)[C@@H]2CC[C@H](C)/C=C(\C)[C@@H](O)[C@@H](OC)C(=O)[C@H](C)C[C@H](C)/C=C/C=C/C=C(\C)[C@H](NS(C)(=O)=O)C[C@@H]3CC[C@@H](C)[C@@](O)(O3)C(=O)C(=O)N3CCCC[C@H]3C(=O)O2)CC[C@H]1OCCO[Si](C)(C)C(C)(C)C. The van der Waals surface area contributed by atoms with Gasteiger partial charge in [0.2, 0.25) is 15.8 Å². The smallest absolute Gasteiger partial charge is 0.329 e. The first-order valence-electron chi connectivity index (χ1n) is 28.6. The summed E-state index contributed by atoms with van der Waals surface area (Å²) in [6, 6.07) is -1.86. The zero-order valence-corrected chi connectivity index (χ0v) is 51.3. The minimum Gasteiger partial charge on any atom is -0.461 e. The summed E-state index contributed by atoms with van der Waals surface area (Å²) in [6.07, 6.45) is 15.2. The monoisotopic (exact) mass is 1120 g/mol. The Labute approximate surface area is 464 Å². The standard InChI is InChI=1S/C59H100N2O14SSi/c1-38-21-17-16-18-22-40(3)47(60-76(13,68)69)37-46-27-25-44(7)59(67,75-46)55(64)56(65)61-30-20-19-23-48(61)57(66)74-49(28-24-39(2)34-43(6)53(63)54(71-12)52(62)42(5)33-38)41(4)35-45-26-29-50(51(36-45)70-11)72-31-32-73-77(14,15)58(8,9)10/h16-18,21-22,34,38-39,41-42,44-51,53-54,60,63,67H,19-20,23-33,35-37H2,1-15H3/b18-16+,21-17+,40-22+,43-34+/t38-,39+,41-,42-,44-,45+,46+,47-,48+,49+,50-,51-,53-,54+,59-/m1/s1. The van der Waals surface area contributed by atoms with Gasteiger partial charge in [0.05, 0.1) is 37.8 Å². The number of esters is 1. The first kappa shape index (κ1) is 66.6. The lowest BCUT2D eigenvalue weighted by molar-refractivity contribution is -0.264. The number of fused-ring (bicyclic) bond motifs is 3. The van der Waals surface area contributed by atoms with E-state index < -0.39 is 90.1 Å². The Morgan fingerprint density at radius 2 is 1.56 bits per heavy atom. The molecule has 2 bridgehead atoms. The highest BCUT2D eigenvalue weighted by Gasteiger charge is 2.53. The molecule has 1 aliphatic carbocycles. The Bertz CT molecular complexity index is 2190. The highest BCUT2D eigenvalue weighted by Crippen LogP contribution is 2.39. The predicted molar refractivity (Wildman–Crippen MR) is 303 cm³/mol. The van der Waals surface area contributed by atoms with Crippen LogP contribution in [0, 0.1) is 35.5 Å². The summed E-state index contributed by atoms with van der Waals surface area (Å²) in [4.78, 5) is 58.6. The molecule has 440 valence electrons. The number of hydrogen-bond acceptors (Lipinski definition) is 14. The van der Waals surface area contributed by atoms with Gasteiger partial charge in [0, 0.05) is 38.6 Å². The van der Waals surface area contributed by atoms with E-state index in [1.165, 1.54) is 12.0 Å². The number of ketones is 2. The fraction of sp³-hybridized carbons (Fsp3) is 0.797. The van der Waals surface area contributed by atoms with Gasteiger partial charge in [0.15, 0.2) is 14.1 Å². The maximum atomic E-state index is 14.7. The fourth-order valence-electron chi connectivity index (χ4n) is 11.3. The lowest BCUT2D eigenvalue weighted by atomic mass is 9.78. The molecular formula is C59H100N2O14SSi. The van der Waals surface area contributed by atoms with Gasteiger partial charge in [-0.05, 0) is 145 Å². The molecule has 77 heavy (non-hydrogen) atoms. The van der Waals surface area contributed by atoms with Crippen LogP contribution in [0.4, 0.5) is 0 Å². The molecule has 0 aromatic heterocycles. The summed E-state index contributed by atoms with van der Waals surface area (Å²) in [5, 5.41) is 23.8. The molecule has 0 radical (unpaired) electrons. The molecular weight excluding hydrogens is 1020 g/mol. The van der Waals surface area contributed by atoms with Crippen LogP contribution in [0.2, 0.25) is 18.1 Å². The number of aliphatic hydroxyl groups is 2. The molecule has 4 aliphatic rings. The number of piperidine rings is 1. The van der Waals surface area contributed by atoms with Gasteiger partial charge in [-0.1, -0.05) is 97.4 Å². The lowest BCUT2D eigenvalue weighted by Crippen LogP contribution is -2.61. The molecule has 1 saturated carbocycles. The minimum absolute atomic E-state index is 0.0107. The molecule has 0 aromatic rings. The molecule has 18 heteroatoms. The normalized spacial score (nSPS) is 36.6. The van der Waals surface area contributed by atoms with E-state index in [1.54, 1.807) is 46.1 Å². The van der Waals surface area contributed by atoms with Crippen LogP contribution in [0.25, 0.3) is 0 Å². The number of methoxy groups -OCH3 is 2. The third-order valence-corrected chi connectivity index (χ3v) is 22.6. The number of allylic oxidation sites excluding steroid dienone is 6. The van der Waals surface area contributed by atoms with Crippen LogP contribution in [0.15, 0.2) is 47.6 Å². The number of nitrogens with one attached hydrogen (secondary N) is 1. The van der Waals surface area contributed by atoms with Gasteiger partial charge in [0.1, 0.15) is 24.4 Å². The number of rotatable bonds is 12. The van der Waals surface area contributed by atoms with Gasteiger partial charge < -0.3 is 43.2 Å². The van der Waals surface area contributed by atoms with Gasteiger partial charge in [0.25, 0.3) is 11.7 Å². The van der Waals surface area contributed by atoms with Crippen molar-refractivity contribution < 1.29 is 65.9 Å². The molecule has 0 spiro atoms. The van der Waals surface area contributed by atoms with E-state index in [4.69, 9.17) is 28.1 Å². The van der Waals surface area contributed by atoms with Gasteiger partial charge in [-0.25, -0.2) is 17.9 Å². The summed E-state index contributed by atoms with van der Waals surface area (Å²) < 4.78 is 65.1. The van der Waals surface area contributed by atoms with Gasteiger partial charge in [-0.3, -0.25) is 14.4 Å². The number of ether oxygens (including phenoxy) is 5. The molecule has 0 unspecified atom stereocenters. The number of carbonyl (C=O) groups excluding carboxylic acids is 4. The second kappa shape index (κ2) is 29.7. The first-order valence-corrected chi connectivity index (χ1v) is 33.4. The number of cyclic esters (lactones) is 1. The molecule has 2 saturated heterocycles. The second-order valence-electron chi connectivity index (χ2n) is 24.9. The first-order chi connectivity index (χ1) is 35.9. The van der Waals surface area contributed by atoms with E-state index in [0.717, 1.165) is 31.9 Å². The average molecular weight is 1120 g/mol. The zero-order chi connectivity index (χ0) is 57.6. The van der Waals surface area contributed by atoms with Crippen LogP contribution in [0.5, 0.6) is 0 Å². The van der Waals surface area contributed by atoms with Gasteiger partial charge in [-0.15, -0.1) is 0 Å². The van der Waals surface area contributed by atoms with E-state index in [9.17, 15) is 37.8 Å². The molecule has 3 N–H and O–H groups in total. The summed E-state index contributed by atoms with van der Waals surface area (Å²) in [7, 11) is -2.50. The molecule has 4 rings (SSSR count). The number of aliphatic hydroxyl groups excluding tert-OH is 1. The summed E-state index contributed by atoms with van der Waals surface area (Å²) >= 11 is 0. The van der Waals surface area contributed by atoms with Crippen LogP contribution in [-0.4, -0.2) is 150 Å². The van der Waals surface area contributed by atoms with Crippen molar-refractivity contribution in [1.82, 2.24) is 9.62 Å². The third kappa shape index (κ3) is 19.4. The van der Waals surface area contributed by atoms with Crippen LogP contribution in [-0.2, 0) is 57.3 Å². The molecule has 1 amide bonds. The molecule has 0 aromatic carbocycles. The number of hydrogen-bond donors (Lipinski definition) is 3. The molecule has 15 atom stereocenters. The largest absolute Gasteiger partial charge is 0.461 e. The number of carbonyl (C=O) groups is 4. The Balaban J connectivity index is 1.66. The van der Waals surface area contributed by atoms with Crippen molar-refractivity contribution in [2.75, 3.05) is 40.2 Å². The van der Waals surface area contributed by atoms with Gasteiger partial charge >= 0.3 is 5.97 Å². The highest BCUT2D eigenvalue weighted by atomic mass is 32.2. The molecule has 3 fully saturated rings. The Kier molecular flexibility index (Phi) is 25.7. The number of Topliss-reactive ketones (excluding diaryl/α,β-unsaturated/α-hetero) is 2. The average Bonchev–Trinajstić information content (AvgIpc) is 3.35. The lowest BCUT2D eigenvalue weighted by Gasteiger charge is -2.43.